The molecule has 5 N–H and O–H groups in total. The van der Waals surface area contributed by atoms with Crippen molar-refractivity contribution in [1.29, 1.82) is 5.41 Å². The van der Waals surface area contributed by atoms with E-state index in [9.17, 15) is 14.4 Å². The van der Waals surface area contributed by atoms with Gasteiger partial charge >= 0.3 is 17.8 Å². The third kappa shape index (κ3) is 5.12. The van der Waals surface area contributed by atoms with Gasteiger partial charge < -0.3 is 25.8 Å². The van der Waals surface area contributed by atoms with Crippen molar-refractivity contribution in [3.8, 4) is 0 Å². The van der Waals surface area contributed by atoms with Gasteiger partial charge in [0.2, 0.25) is 0 Å². The topological polar surface area (TPSA) is 147 Å². The number of nitrogens with two attached hydrogens (primary N) is 1. The van der Waals surface area contributed by atoms with Gasteiger partial charge in [0.25, 0.3) is 5.91 Å². The van der Waals surface area contributed by atoms with Gasteiger partial charge in [-0.25, -0.2) is 0 Å². The van der Waals surface area contributed by atoms with Crippen LogP contribution in [-0.4, -0.2) is 47.6 Å². The summed E-state index contributed by atoms with van der Waals surface area (Å²) in [6.07, 6.45) is 0. The number of nitrogen functional groups attached to an aromatic ring is 1. The Balaban J connectivity index is 1.95. The number of nitrogens with zero attached hydrogens (tertiary/aromatic N) is 1. The number of hydrogen-bond donors (Lipinski definition) is 4. The molecule has 10 nitrogen and oxygen atoms in total. The van der Waals surface area contributed by atoms with Crippen LogP contribution in [0.1, 0.15) is 53.4 Å². The number of ether oxygens (including phenoxy) is 2. The average molecular weight is 482 g/mol. The molecule has 0 bridgehead atoms. The zero-order chi connectivity index (χ0) is 25.8. The van der Waals surface area contributed by atoms with Gasteiger partial charge in [0.15, 0.2) is 0 Å². The molecule has 1 aliphatic rings. The maximum absolute atomic E-state index is 13.6. The highest BCUT2D eigenvalue weighted by atomic mass is 16.7. The molecule has 2 aromatic rings. The number of aryl methyl sites for hydroxylation is 1. The molecular weight excluding hydrogens is 450 g/mol. The van der Waals surface area contributed by atoms with Gasteiger partial charge in [-0.05, 0) is 49.6 Å². The number of fused-ring (bicyclic) bond motifs is 1. The largest absolute Gasteiger partial charge is 0.405 e. The molecule has 0 saturated heterocycles. The molecule has 0 aliphatic carbocycles. The number of amides is 2. The third-order valence-corrected chi connectivity index (χ3v) is 5.69. The van der Waals surface area contributed by atoms with Gasteiger partial charge in [0, 0.05) is 36.8 Å². The Labute approximate surface area is 204 Å². The van der Waals surface area contributed by atoms with Gasteiger partial charge in [0.05, 0.1) is 13.2 Å². The number of rotatable bonds is 10. The number of carbonyl (C=O) groups excluding carboxylic acids is 3. The van der Waals surface area contributed by atoms with Gasteiger partial charge in [0.1, 0.15) is 5.84 Å². The van der Waals surface area contributed by atoms with Crippen LogP contribution >= 0.6 is 0 Å². The molecule has 2 amide bonds. The van der Waals surface area contributed by atoms with Gasteiger partial charge in [-0.2, -0.15) is 0 Å². The van der Waals surface area contributed by atoms with Crippen molar-refractivity contribution >= 4 is 29.3 Å². The summed E-state index contributed by atoms with van der Waals surface area (Å²) < 4.78 is 11.2. The monoisotopic (exact) mass is 481 g/mol. The summed E-state index contributed by atoms with van der Waals surface area (Å²) in [6, 6.07) is 10.4. The van der Waals surface area contributed by atoms with Crippen molar-refractivity contribution in [3.05, 3.63) is 64.2 Å². The predicted octanol–water partition coefficient (Wildman–Crippen LogP) is 2.24. The van der Waals surface area contributed by atoms with Crippen LogP contribution in [0.4, 0.5) is 5.69 Å². The number of esters is 1. The van der Waals surface area contributed by atoms with Crippen LogP contribution in [0.25, 0.3) is 0 Å². The van der Waals surface area contributed by atoms with E-state index < -0.39 is 23.7 Å². The van der Waals surface area contributed by atoms with E-state index in [1.807, 2.05) is 19.9 Å². The van der Waals surface area contributed by atoms with E-state index in [0.29, 0.717) is 28.9 Å². The molecule has 186 valence electrons. The Morgan fingerprint density at radius 3 is 2.57 bits per heavy atom. The Hall–Kier alpha value is -3.92. The fraction of sp³-hybridized carbons (Fsp3) is 0.360. The second kappa shape index (κ2) is 10.6. The van der Waals surface area contributed by atoms with Crippen LogP contribution in [0.2, 0.25) is 0 Å². The normalized spacial score (nSPS) is 14.2. The van der Waals surface area contributed by atoms with E-state index in [1.165, 1.54) is 0 Å². The third-order valence-electron chi connectivity index (χ3n) is 5.69. The van der Waals surface area contributed by atoms with Crippen LogP contribution in [0.3, 0.4) is 0 Å². The Morgan fingerprint density at radius 1 is 1.23 bits per heavy atom. The SMILES string of the molecule is CCNc1cc(C(=N)N)ccc1CNC(=O)[C@](OCC)(OC(C)=O)N1Cc2c(C)cccc2C1=O. The number of anilines is 1. The van der Waals surface area contributed by atoms with Crippen molar-refractivity contribution in [2.24, 2.45) is 5.73 Å². The predicted molar refractivity (Wildman–Crippen MR) is 131 cm³/mol. The maximum Gasteiger partial charge on any atom is 0.383 e. The molecule has 0 aromatic heterocycles. The van der Waals surface area contributed by atoms with Crippen molar-refractivity contribution in [2.45, 2.75) is 46.7 Å². The lowest BCUT2D eigenvalue weighted by Gasteiger charge is -2.37. The van der Waals surface area contributed by atoms with Crippen molar-refractivity contribution in [2.75, 3.05) is 18.5 Å². The standard InChI is InChI=1S/C25H31N5O5/c1-5-28-21-12-17(22(26)27)10-11-18(21)13-29-24(33)25(34-6-2,35-16(4)31)30-14-20-15(3)8-7-9-19(20)23(30)32/h7-12,28H,5-6,13-14H2,1-4H3,(H3,26,27)(H,29,33)/t25-/m0/s1. The number of nitrogens with one attached hydrogen (secondary N) is 3. The summed E-state index contributed by atoms with van der Waals surface area (Å²) in [5.74, 6) is -4.37. The lowest BCUT2D eigenvalue weighted by Crippen LogP contribution is -2.63. The summed E-state index contributed by atoms with van der Waals surface area (Å²) in [4.78, 5) is 40.1. The van der Waals surface area contributed by atoms with Crippen LogP contribution in [0.5, 0.6) is 0 Å². The summed E-state index contributed by atoms with van der Waals surface area (Å²) in [7, 11) is 0. The van der Waals surface area contributed by atoms with Crippen LogP contribution in [0.15, 0.2) is 36.4 Å². The first-order chi connectivity index (χ1) is 16.6. The molecule has 10 heteroatoms. The fourth-order valence-electron chi connectivity index (χ4n) is 4.05. The molecule has 0 unspecified atom stereocenters. The minimum Gasteiger partial charge on any atom is -0.405 e. The van der Waals surface area contributed by atoms with Crippen molar-refractivity contribution < 1.29 is 23.9 Å². The highest BCUT2D eigenvalue weighted by Gasteiger charge is 2.54. The summed E-state index contributed by atoms with van der Waals surface area (Å²) in [5, 5.41) is 13.6. The number of carbonyl (C=O) groups is 3. The number of hydrogen-bond acceptors (Lipinski definition) is 7. The van der Waals surface area contributed by atoms with Crippen molar-refractivity contribution in [1.82, 2.24) is 10.2 Å². The molecule has 1 atom stereocenters. The zero-order valence-corrected chi connectivity index (χ0v) is 20.4. The lowest BCUT2D eigenvalue weighted by atomic mass is 10.1. The Kier molecular flexibility index (Phi) is 7.75. The Morgan fingerprint density at radius 2 is 1.97 bits per heavy atom. The maximum atomic E-state index is 13.6. The second-order valence-electron chi connectivity index (χ2n) is 8.10. The lowest BCUT2D eigenvalue weighted by molar-refractivity contribution is -0.272. The summed E-state index contributed by atoms with van der Waals surface area (Å²) in [6.45, 7) is 7.31. The molecule has 0 spiro atoms. The van der Waals surface area contributed by atoms with Gasteiger partial charge in [-0.15, -0.1) is 0 Å². The second-order valence-corrected chi connectivity index (χ2v) is 8.10. The molecule has 1 heterocycles. The first kappa shape index (κ1) is 25.7. The minimum atomic E-state index is -2.28. The highest BCUT2D eigenvalue weighted by molar-refractivity contribution is 6.02. The molecule has 0 saturated carbocycles. The van der Waals surface area contributed by atoms with E-state index in [0.717, 1.165) is 23.0 Å². The summed E-state index contributed by atoms with van der Waals surface area (Å²) in [5.41, 5.74) is 9.60. The number of benzene rings is 2. The van der Waals surface area contributed by atoms with Crippen LogP contribution < -0.4 is 16.4 Å². The molecular formula is C25H31N5O5. The van der Waals surface area contributed by atoms with E-state index in [2.05, 4.69) is 10.6 Å². The molecule has 1 aliphatic heterocycles. The van der Waals surface area contributed by atoms with Crippen molar-refractivity contribution in [3.63, 3.8) is 0 Å². The number of amidine groups is 1. The fourth-order valence-corrected chi connectivity index (χ4v) is 4.05. The molecule has 3 rings (SSSR count). The highest BCUT2D eigenvalue weighted by Crippen LogP contribution is 2.33. The average Bonchev–Trinajstić information content (AvgIpc) is 3.15. The first-order valence-corrected chi connectivity index (χ1v) is 11.4. The molecule has 0 fully saturated rings. The minimum absolute atomic E-state index is 0.00968. The van der Waals surface area contributed by atoms with E-state index in [4.69, 9.17) is 20.6 Å². The van der Waals surface area contributed by atoms with Crippen LogP contribution in [-0.2, 0) is 32.2 Å². The van der Waals surface area contributed by atoms with E-state index in [1.54, 1.807) is 37.3 Å². The van der Waals surface area contributed by atoms with E-state index >= 15 is 0 Å². The summed E-state index contributed by atoms with van der Waals surface area (Å²) >= 11 is 0. The quantitative estimate of drug-likeness (QED) is 0.176. The molecule has 2 aromatic carbocycles. The first-order valence-electron chi connectivity index (χ1n) is 11.4. The molecule has 35 heavy (non-hydrogen) atoms. The Bertz CT molecular complexity index is 1160. The smallest absolute Gasteiger partial charge is 0.383 e. The van der Waals surface area contributed by atoms with Gasteiger partial charge in [-0.1, -0.05) is 24.3 Å². The zero-order valence-electron chi connectivity index (χ0n) is 20.4. The van der Waals surface area contributed by atoms with Crippen LogP contribution in [0, 0.1) is 12.3 Å². The van der Waals surface area contributed by atoms with Gasteiger partial charge in [-0.3, -0.25) is 24.7 Å². The van der Waals surface area contributed by atoms with E-state index in [-0.39, 0.29) is 25.5 Å². The molecule has 0 radical (unpaired) electrons.